The molecule has 0 aliphatic carbocycles. The zero-order valence-corrected chi connectivity index (χ0v) is 16.3. The fourth-order valence-corrected chi connectivity index (χ4v) is 2.74. The SMILES string of the molecule is CCc1c(C(=O)OC(C)(C)C)[nH]c(CNc2ccc(OC)cc2)c1C(=O)O. The average molecular weight is 374 g/mol. The van der Waals surface area contributed by atoms with E-state index in [9.17, 15) is 14.7 Å². The van der Waals surface area contributed by atoms with Gasteiger partial charge in [0.1, 0.15) is 17.0 Å². The summed E-state index contributed by atoms with van der Waals surface area (Å²) in [6.07, 6.45) is 0.398. The van der Waals surface area contributed by atoms with Gasteiger partial charge in [-0.2, -0.15) is 0 Å². The number of methoxy groups -OCH3 is 1. The maximum atomic E-state index is 12.5. The Kier molecular flexibility index (Phi) is 6.15. The topological polar surface area (TPSA) is 101 Å². The Balaban J connectivity index is 2.31. The molecule has 0 amide bonds. The Hall–Kier alpha value is -2.96. The molecule has 146 valence electrons. The molecule has 1 aromatic heterocycles. The molecule has 7 heteroatoms. The summed E-state index contributed by atoms with van der Waals surface area (Å²) >= 11 is 0. The minimum absolute atomic E-state index is 0.111. The number of esters is 1. The van der Waals surface area contributed by atoms with Crippen molar-refractivity contribution in [1.82, 2.24) is 4.98 Å². The third kappa shape index (κ3) is 5.03. The van der Waals surface area contributed by atoms with E-state index in [-0.39, 0.29) is 17.8 Å². The molecule has 7 nitrogen and oxygen atoms in total. The smallest absolute Gasteiger partial charge is 0.355 e. The van der Waals surface area contributed by atoms with Crippen LogP contribution >= 0.6 is 0 Å². The van der Waals surface area contributed by atoms with Gasteiger partial charge in [0, 0.05) is 11.4 Å². The van der Waals surface area contributed by atoms with Gasteiger partial charge in [-0.1, -0.05) is 6.92 Å². The molecule has 0 fully saturated rings. The van der Waals surface area contributed by atoms with Gasteiger partial charge in [0.25, 0.3) is 0 Å². The number of carboxylic acids is 1. The lowest BCUT2D eigenvalue weighted by Crippen LogP contribution is -2.24. The number of carboxylic acid groups (broad SMARTS) is 1. The molecule has 0 radical (unpaired) electrons. The van der Waals surface area contributed by atoms with Crippen LogP contribution in [0.4, 0.5) is 5.69 Å². The molecule has 0 bridgehead atoms. The molecule has 0 saturated heterocycles. The van der Waals surface area contributed by atoms with Gasteiger partial charge in [0.15, 0.2) is 0 Å². The van der Waals surface area contributed by atoms with E-state index in [0.717, 1.165) is 11.4 Å². The molecule has 0 saturated carbocycles. The van der Waals surface area contributed by atoms with Crippen molar-refractivity contribution in [3.63, 3.8) is 0 Å². The first-order chi connectivity index (χ1) is 12.7. The zero-order chi connectivity index (χ0) is 20.2. The fraction of sp³-hybridized carbons (Fsp3) is 0.400. The quantitative estimate of drug-likeness (QED) is 0.637. The molecule has 0 spiro atoms. The molecule has 2 rings (SSSR count). The van der Waals surface area contributed by atoms with Crippen LogP contribution in [0, 0.1) is 0 Å². The standard InChI is InChI=1S/C20H26N2O5/c1-6-14-16(18(23)24)15(22-17(14)19(25)27-20(2,3)4)11-21-12-7-9-13(26-5)10-8-12/h7-10,21-22H,6,11H2,1-5H3,(H,23,24). The van der Waals surface area contributed by atoms with Gasteiger partial charge in [0.2, 0.25) is 0 Å². The first-order valence-electron chi connectivity index (χ1n) is 8.74. The molecule has 0 atom stereocenters. The van der Waals surface area contributed by atoms with Crippen LogP contribution in [0.25, 0.3) is 0 Å². The summed E-state index contributed by atoms with van der Waals surface area (Å²) in [6.45, 7) is 7.34. The van der Waals surface area contributed by atoms with E-state index in [1.165, 1.54) is 0 Å². The number of carbonyl (C=O) groups is 2. The maximum Gasteiger partial charge on any atom is 0.355 e. The van der Waals surface area contributed by atoms with Crippen LogP contribution in [0.1, 0.15) is 59.8 Å². The second-order valence-corrected chi connectivity index (χ2v) is 7.07. The number of aromatic carboxylic acids is 1. The Labute approximate surface area is 158 Å². The minimum atomic E-state index is -1.08. The number of anilines is 1. The van der Waals surface area contributed by atoms with E-state index in [1.807, 2.05) is 19.1 Å². The fourth-order valence-electron chi connectivity index (χ4n) is 2.74. The van der Waals surface area contributed by atoms with E-state index < -0.39 is 17.5 Å². The number of benzene rings is 1. The number of hydrogen-bond donors (Lipinski definition) is 3. The molecule has 0 aliphatic heterocycles. The maximum absolute atomic E-state index is 12.5. The number of H-pyrrole nitrogens is 1. The predicted molar refractivity (Wildman–Crippen MR) is 103 cm³/mol. The lowest BCUT2D eigenvalue weighted by atomic mass is 10.1. The van der Waals surface area contributed by atoms with E-state index in [1.54, 1.807) is 40.0 Å². The van der Waals surface area contributed by atoms with Crippen molar-refractivity contribution in [3.05, 3.63) is 46.8 Å². The Morgan fingerprint density at radius 2 is 1.81 bits per heavy atom. The summed E-state index contributed by atoms with van der Waals surface area (Å²) < 4.78 is 10.5. The van der Waals surface area contributed by atoms with Crippen molar-refractivity contribution in [1.29, 1.82) is 0 Å². The first kappa shape index (κ1) is 20.4. The van der Waals surface area contributed by atoms with Crippen LogP contribution in [0.2, 0.25) is 0 Å². The van der Waals surface area contributed by atoms with Gasteiger partial charge in [0.05, 0.1) is 19.2 Å². The summed E-state index contributed by atoms with van der Waals surface area (Å²) in [5.41, 5.74) is 1.31. The lowest BCUT2D eigenvalue weighted by molar-refractivity contribution is 0.00622. The number of nitrogens with one attached hydrogen (secondary N) is 2. The monoisotopic (exact) mass is 374 g/mol. The molecule has 1 heterocycles. The van der Waals surface area contributed by atoms with E-state index in [0.29, 0.717) is 17.7 Å². The van der Waals surface area contributed by atoms with Crippen molar-refractivity contribution >= 4 is 17.6 Å². The third-order valence-corrected chi connectivity index (χ3v) is 3.91. The van der Waals surface area contributed by atoms with Crippen LogP contribution in [-0.4, -0.2) is 34.7 Å². The number of hydrogen-bond acceptors (Lipinski definition) is 5. The summed E-state index contributed by atoms with van der Waals surface area (Å²) in [4.78, 5) is 27.2. The average Bonchev–Trinajstić information content (AvgIpc) is 2.98. The van der Waals surface area contributed by atoms with Crippen molar-refractivity contribution < 1.29 is 24.2 Å². The van der Waals surface area contributed by atoms with Gasteiger partial charge in [-0.3, -0.25) is 0 Å². The molecule has 2 aromatic rings. The molecular weight excluding hydrogens is 348 g/mol. The van der Waals surface area contributed by atoms with Crippen LogP contribution in [0.5, 0.6) is 5.75 Å². The highest BCUT2D eigenvalue weighted by molar-refractivity contribution is 5.98. The zero-order valence-electron chi connectivity index (χ0n) is 16.3. The molecule has 0 unspecified atom stereocenters. The number of aromatic amines is 1. The van der Waals surface area contributed by atoms with Crippen molar-refractivity contribution in [2.45, 2.75) is 46.3 Å². The summed E-state index contributed by atoms with van der Waals surface area (Å²) in [6, 6.07) is 7.27. The van der Waals surface area contributed by atoms with E-state index in [4.69, 9.17) is 9.47 Å². The predicted octanol–water partition coefficient (Wildman–Crippen LogP) is 3.85. The second-order valence-electron chi connectivity index (χ2n) is 7.07. The number of carbonyl (C=O) groups excluding carboxylic acids is 1. The van der Waals surface area contributed by atoms with Gasteiger partial charge in [-0.05, 0) is 57.0 Å². The van der Waals surface area contributed by atoms with Crippen LogP contribution in [0.15, 0.2) is 24.3 Å². The highest BCUT2D eigenvalue weighted by atomic mass is 16.6. The second kappa shape index (κ2) is 8.16. The highest BCUT2D eigenvalue weighted by Crippen LogP contribution is 2.24. The number of aromatic nitrogens is 1. The molecular formula is C20H26N2O5. The molecule has 0 aliphatic rings. The highest BCUT2D eigenvalue weighted by Gasteiger charge is 2.28. The van der Waals surface area contributed by atoms with Gasteiger partial charge in [-0.25, -0.2) is 9.59 Å². The Morgan fingerprint density at radius 3 is 2.30 bits per heavy atom. The number of ether oxygens (including phenoxy) is 2. The van der Waals surface area contributed by atoms with Crippen LogP contribution in [-0.2, 0) is 17.7 Å². The third-order valence-electron chi connectivity index (χ3n) is 3.91. The van der Waals surface area contributed by atoms with Crippen LogP contribution in [0.3, 0.4) is 0 Å². The van der Waals surface area contributed by atoms with E-state index in [2.05, 4.69) is 10.3 Å². The largest absolute Gasteiger partial charge is 0.497 e. The van der Waals surface area contributed by atoms with Crippen molar-refractivity contribution in [2.75, 3.05) is 12.4 Å². The van der Waals surface area contributed by atoms with Gasteiger partial charge in [-0.15, -0.1) is 0 Å². The van der Waals surface area contributed by atoms with Gasteiger partial charge < -0.3 is 24.9 Å². The Bertz CT molecular complexity index is 816. The van der Waals surface area contributed by atoms with Gasteiger partial charge >= 0.3 is 11.9 Å². The van der Waals surface area contributed by atoms with Crippen molar-refractivity contribution in [3.8, 4) is 5.75 Å². The first-order valence-corrected chi connectivity index (χ1v) is 8.74. The summed E-state index contributed by atoms with van der Waals surface area (Å²) in [5.74, 6) is -0.908. The summed E-state index contributed by atoms with van der Waals surface area (Å²) in [5, 5.41) is 12.8. The number of rotatable bonds is 7. The normalized spacial score (nSPS) is 11.1. The molecule has 3 N–H and O–H groups in total. The lowest BCUT2D eigenvalue weighted by Gasteiger charge is -2.19. The van der Waals surface area contributed by atoms with E-state index >= 15 is 0 Å². The van der Waals surface area contributed by atoms with Crippen LogP contribution < -0.4 is 10.1 Å². The Morgan fingerprint density at radius 1 is 1.19 bits per heavy atom. The van der Waals surface area contributed by atoms with Crippen molar-refractivity contribution in [2.24, 2.45) is 0 Å². The molecule has 1 aromatic carbocycles. The summed E-state index contributed by atoms with van der Waals surface area (Å²) in [7, 11) is 1.59. The molecule has 27 heavy (non-hydrogen) atoms. The minimum Gasteiger partial charge on any atom is -0.497 e.